The molecule has 8 heavy (non-hydrogen) atoms. The van der Waals surface area contributed by atoms with Crippen LogP contribution in [0.15, 0.2) is 0 Å². The lowest BCUT2D eigenvalue weighted by Gasteiger charge is -2.00. The fourth-order valence-corrected chi connectivity index (χ4v) is 3.05. The minimum absolute atomic E-state index is 0.248. The Hall–Kier alpha value is 0.930. The van der Waals surface area contributed by atoms with Crippen molar-refractivity contribution in [2.24, 2.45) is 5.92 Å². The van der Waals surface area contributed by atoms with Crippen LogP contribution in [0.3, 0.4) is 0 Å². The molecule has 3 unspecified atom stereocenters. The summed E-state index contributed by atoms with van der Waals surface area (Å²) >= 11 is 13.3. The average Bonchev–Trinajstić information content (AvgIpc) is 1.85. The van der Waals surface area contributed by atoms with E-state index in [1.54, 1.807) is 11.8 Å². The molecule has 0 N–H and O–H groups in total. The SMILES string of the molecule is CC1CC(Cl)SC1Cl. The molecule has 0 aromatic carbocycles. The lowest BCUT2D eigenvalue weighted by atomic mass is 10.2. The summed E-state index contributed by atoms with van der Waals surface area (Å²) in [6, 6.07) is 0. The van der Waals surface area contributed by atoms with Gasteiger partial charge in [-0.1, -0.05) is 6.92 Å². The smallest absolute Gasteiger partial charge is 0.0829 e. The Labute approximate surface area is 63.9 Å². The zero-order valence-electron chi connectivity index (χ0n) is 4.60. The quantitative estimate of drug-likeness (QED) is 0.505. The van der Waals surface area contributed by atoms with Gasteiger partial charge in [-0.2, -0.15) is 0 Å². The van der Waals surface area contributed by atoms with Crippen molar-refractivity contribution < 1.29 is 0 Å². The molecule has 48 valence electrons. The van der Waals surface area contributed by atoms with Crippen LogP contribution in [0.5, 0.6) is 0 Å². The van der Waals surface area contributed by atoms with Gasteiger partial charge >= 0.3 is 0 Å². The molecule has 1 heterocycles. The van der Waals surface area contributed by atoms with Crippen molar-refractivity contribution in [2.75, 3.05) is 0 Å². The summed E-state index contributed by atoms with van der Waals surface area (Å²) < 4.78 is 0.505. The highest BCUT2D eigenvalue weighted by atomic mass is 35.5. The molecule has 0 saturated carbocycles. The number of rotatable bonds is 0. The van der Waals surface area contributed by atoms with Crippen molar-refractivity contribution in [2.45, 2.75) is 22.8 Å². The van der Waals surface area contributed by atoms with E-state index in [9.17, 15) is 0 Å². The molecular weight excluding hydrogens is 163 g/mol. The van der Waals surface area contributed by atoms with Gasteiger partial charge in [0.05, 0.1) is 9.42 Å². The van der Waals surface area contributed by atoms with E-state index in [0.29, 0.717) is 5.92 Å². The molecule has 0 aromatic rings. The van der Waals surface area contributed by atoms with Crippen LogP contribution in [-0.4, -0.2) is 9.42 Å². The first-order valence-electron chi connectivity index (χ1n) is 2.64. The second kappa shape index (κ2) is 2.68. The summed E-state index contributed by atoms with van der Waals surface area (Å²) in [7, 11) is 0. The first-order chi connectivity index (χ1) is 3.70. The number of hydrogen-bond donors (Lipinski definition) is 0. The van der Waals surface area contributed by atoms with E-state index in [4.69, 9.17) is 23.2 Å². The van der Waals surface area contributed by atoms with Gasteiger partial charge in [-0.25, -0.2) is 0 Å². The maximum absolute atomic E-state index is 5.84. The van der Waals surface area contributed by atoms with E-state index in [1.165, 1.54) is 0 Å². The van der Waals surface area contributed by atoms with Crippen molar-refractivity contribution in [3.05, 3.63) is 0 Å². The fraction of sp³-hybridized carbons (Fsp3) is 1.00. The Bertz CT molecular complexity index is 76.5. The molecule has 1 aliphatic heterocycles. The second-order valence-electron chi connectivity index (χ2n) is 2.11. The molecule has 0 bridgehead atoms. The Morgan fingerprint density at radius 2 is 2.12 bits per heavy atom. The Balaban J connectivity index is 2.39. The van der Waals surface area contributed by atoms with Crippen LogP contribution in [-0.2, 0) is 0 Å². The average molecular weight is 171 g/mol. The highest BCUT2D eigenvalue weighted by Gasteiger charge is 2.28. The second-order valence-corrected chi connectivity index (χ2v) is 4.97. The van der Waals surface area contributed by atoms with E-state index in [2.05, 4.69) is 6.92 Å². The molecule has 1 rings (SSSR count). The molecule has 0 spiro atoms. The normalized spacial score (nSPS) is 47.6. The summed E-state index contributed by atoms with van der Waals surface area (Å²) in [5.41, 5.74) is 0. The van der Waals surface area contributed by atoms with Crippen molar-refractivity contribution in [3.63, 3.8) is 0 Å². The Morgan fingerprint density at radius 3 is 2.25 bits per heavy atom. The predicted octanol–water partition coefficient (Wildman–Crippen LogP) is 2.89. The summed E-state index contributed by atoms with van der Waals surface area (Å²) in [5, 5.41) is 0. The fourth-order valence-electron chi connectivity index (χ4n) is 0.730. The first-order valence-corrected chi connectivity index (χ1v) is 4.45. The zero-order chi connectivity index (χ0) is 6.15. The molecule has 1 saturated heterocycles. The molecule has 3 heteroatoms. The first kappa shape index (κ1) is 7.04. The molecule has 3 atom stereocenters. The third-order valence-corrected chi connectivity index (χ3v) is 3.72. The Kier molecular flexibility index (Phi) is 2.36. The van der Waals surface area contributed by atoms with Gasteiger partial charge in [-0.15, -0.1) is 35.0 Å². The van der Waals surface area contributed by atoms with Crippen molar-refractivity contribution >= 4 is 35.0 Å². The zero-order valence-corrected chi connectivity index (χ0v) is 6.93. The van der Waals surface area contributed by atoms with Crippen molar-refractivity contribution in [1.82, 2.24) is 0 Å². The molecule has 0 amide bonds. The third-order valence-electron chi connectivity index (χ3n) is 1.28. The van der Waals surface area contributed by atoms with Crippen molar-refractivity contribution in [3.8, 4) is 0 Å². The summed E-state index contributed by atoms with van der Waals surface area (Å²) in [4.78, 5) is 0. The summed E-state index contributed by atoms with van der Waals surface area (Å²) in [6.45, 7) is 2.13. The Morgan fingerprint density at radius 1 is 1.50 bits per heavy atom. The van der Waals surface area contributed by atoms with Gasteiger partial charge in [0.15, 0.2) is 0 Å². The van der Waals surface area contributed by atoms with Gasteiger partial charge in [-0.3, -0.25) is 0 Å². The van der Waals surface area contributed by atoms with E-state index >= 15 is 0 Å². The number of thioether (sulfide) groups is 1. The van der Waals surface area contributed by atoms with Crippen LogP contribution in [0.4, 0.5) is 0 Å². The molecule has 0 radical (unpaired) electrons. The lowest BCUT2D eigenvalue weighted by Crippen LogP contribution is -1.97. The number of halogens is 2. The number of alkyl halides is 2. The van der Waals surface area contributed by atoms with E-state index in [-0.39, 0.29) is 9.42 Å². The molecule has 1 fully saturated rings. The van der Waals surface area contributed by atoms with E-state index in [0.717, 1.165) is 6.42 Å². The largest absolute Gasteiger partial charge is 0.122 e. The minimum Gasteiger partial charge on any atom is -0.122 e. The van der Waals surface area contributed by atoms with Crippen LogP contribution in [0.1, 0.15) is 13.3 Å². The topological polar surface area (TPSA) is 0 Å². The molecule has 0 nitrogen and oxygen atoms in total. The summed E-state index contributed by atoms with van der Waals surface area (Å²) in [5.74, 6) is 0.587. The van der Waals surface area contributed by atoms with Gasteiger partial charge < -0.3 is 0 Å². The lowest BCUT2D eigenvalue weighted by molar-refractivity contribution is 0.631. The van der Waals surface area contributed by atoms with Crippen LogP contribution >= 0.6 is 35.0 Å². The monoisotopic (exact) mass is 170 g/mol. The molecule has 0 aromatic heterocycles. The van der Waals surface area contributed by atoms with E-state index in [1.807, 2.05) is 0 Å². The summed E-state index contributed by atoms with van der Waals surface area (Å²) in [6.07, 6.45) is 1.06. The van der Waals surface area contributed by atoms with Crippen LogP contribution in [0, 0.1) is 5.92 Å². The van der Waals surface area contributed by atoms with Crippen LogP contribution < -0.4 is 0 Å². The highest BCUT2D eigenvalue weighted by molar-refractivity contribution is 8.03. The predicted molar refractivity (Wildman–Crippen MR) is 40.7 cm³/mol. The van der Waals surface area contributed by atoms with Crippen LogP contribution in [0.2, 0.25) is 0 Å². The van der Waals surface area contributed by atoms with Gasteiger partial charge in [-0.05, 0) is 12.3 Å². The highest BCUT2D eigenvalue weighted by Crippen LogP contribution is 2.42. The van der Waals surface area contributed by atoms with E-state index < -0.39 is 0 Å². The molecule has 0 aliphatic carbocycles. The van der Waals surface area contributed by atoms with Gasteiger partial charge in [0.25, 0.3) is 0 Å². The molecule has 1 aliphatic rings. The van der Waals surface area contributed by atoms with Gasteiger partial charge in [0.1, 0.15) is 0 Å². The maximum atomic E-state index is 5.84. The van der Waals surface area contributed by atoms with Crippen molar-refractivity contribution in [1.29, 1.82) is 0 Å². The maximum Gasteiger partial charge on any atom is 0.0829 e. The van der Waals surface area contributed by atoms with Crippen LogP contribution in [0.25, 0.3) is 0 Å². The van der Waals surface area contributed by atoms with Gasteiger partial charge in [0, 0.05) is 0 Å². The van der Waals surface area contributed by atoms with Gasteiger partial charge in [0.2, 0.25) is 0 Å². The third kappa shape index (κ3) is 1.46. The standard InChI is InChI=1S/C5H8Cl2S/c1-3-2-4(6)8-5(3)7/h3-5H,2H2,1H3. The molecular formula is C5H8Cl2S. The number of hydrogen-bond acceptors (Lipinski definition) is 1. The minimum atomic E-state index is 0.248.